The molecule has 0 saturated carbocycles. The first-order chi connectivity index (χ1) is 10.6. The summed E-state index contributed by atoms with van der Waals surface area (Å²) in [6.07, 6.45) is 2.38. The molecule has 0 aromatic heterocycles. The number of carbonyl (C=O) groups is 1. The molecule has 0 aliphatic carbocycles. The smallest absolute Gasteiger partial charge is 0.237 e. The van der Waals surface area contributed by atoms with Gasteiger partial charge in [0.25, 0.3) is 0 Å². The molecule has 3 atom stereocenters. The monoisotopic (exact) mass is 313 g/mol. The van der Waals surface area contributed by atoms with Crippen LogP contribution < -0.4 is 5.32 Å². The van der Waals surface area contributed by atoms with Crippen molar-refractivity contribution in [2.75, 3.05) is 53.0 Å². The van der Waals surface area contributed by atoms with Crippen LogP contribution in [0.15, 0.2) is 0 Å². The highest BCUT2D eigenvalue weighted by Crippen LogP contribution is 2.13. The molecule has 2 rings (SSSR count). The minimum atomic E-state index is -0.0755. The SMILES string of the molecule is COCCN1CCN([C@H](C)C(=O)NC[C@H]2CCCO2)C[C@H]1C. The van der Waals surface area contributed by atoms with Crippen molar-refractivity contribution >= 4 is 5.91 Å². The normalized spacial score (nSPS) is 28.7. The number of carbonyl (C=O) groups excluding carboxylic acids is 1. The van der Waals surface area contributed by atoms with Gasteiger partial charge < -0.3 is 14.8 Å². The molecule has 0 unspecified atom stereocenters. The number of nitrogens with one attached hydrogen (secondary N) is 1. The van der Waals surface area contributed by atoms with Gasteiger partial charge in [-0.3, -0.25) is 14.6 Å². The fraction of sp³-hybridized carbons (Fsp3) is 0.938. The zero-order valence-corrected chi connectivity index (χ0v) is 14.2. The standard InChI is InChI=1S/C16H31N3O3/c1-13-12-19(7-6-18(13)8-10-21-3)14(2)16(20)17-11-15-5-4-9-22-15/h13-15H,4-12H2,1-3H3,(H,17,20)/t13-,14-,15-/m1/s1. The highest BCUT2D eigenvalue weighted by Gasteiger charge is 2.29. The van der Waals surface area contributed by atoms with Crippen LogP contribution in [0.3, 0.4) is 0 Å². The van der Waals surface area contributed by atoms with Gasteiger partial charge in [0.05, 0.1) is 18.8 Å². The number of amides is 1. The highest BCUT2D eigenvalue weighted by atomic mass is 16.5. The lowest BCUT2D eigenvalue weighted by Crippen LogP contribution is -2.58. The van der Waals surface area contributed by atoms with E-state index in [1.807, 2.05) is 6.92 Å². The Balaban J connectivity index is 1.72. The number of piperazine rings is 1. The van der Waals surface area contributed by atoms with Crippen LogP contribution in [0, 0.1) is 0 Å². The van der Waals surface area contributed by atoms with Crippen LogP contribution in [-0.2, 0) is 14.3 Å². The number of ether oxygens (including phenoxy) is 2. The Kier molecular flexibility index (Phi) is 7.08. The molecule has 0 spiro atoms. The molecule has 0 aromatic rings. The lowest BCUT2D eigenvalue weighted by Gasteiger charge is -2.41. The fourth-order valence-corrected chi connectivity index (χ4v) is 3.25. The van der Waals surface area contributed by atoms with Gasteiger partial charge in [0.1, 0.15) is 0 Å². The van der Waals surface area contributed by atoms with E-state index in [0.29, 0.717) is 12.6 Å². The summed E-state index contributed by atoms with van der Waals surface area (Å²) in [5.41, 5.74) is 0. The Morgan fingerprint density at radius 2 is 2.27 bits per heavy atom. The Hall–Kier alpha value is -0.690. The summed E-state index contributed by atoms with van der Waals surface area (Å²) in [4.78, 5) is 17.0. The van der Waals surface area contributed by atoms with Gasteiger partial charge in [0.2, 0.25) is 5.91 Å². The molecule has 22 heavy (non-hydrogen) atoms. The van der Waals surface area contributed by atoms with Crippen molar-refractivity contribution in [2.24, 2.45) is 0 Å². The third-order valence-electron chi connectivity index (χ3n) is 4.83. The molecule has 2 aliphatic heterocycles. The molecule has 2 heterocycles. The molecule has 0 radical (unpaired) electrons. The Bertz CT molecular complexity index is 348. The lowest BCUT2D eigenvalue weighted by atomic mass is 10.1. The summed E-state index contributed by atoms with van der Waals surface area (Å²) in [7, 11) is 1.74. The lowest BCUT2D eigenvalue weighted by molar-refractivity contribution is -0.127. The second-order valence-electron chi connectivity index (χ2n) is 6.43. The summed E-state index contributed by atoms with van der Waals surface area (Å²) >= 11 is 0. The van der Waals surface area contributed by atoms with Crippen LogP contribution in [0.2, 0.25) is 0 Å². The predicted octanol–water partition coefficient (Wildman–Crippen LogP) is 0.323. The van der Waals surface area contributed by atoms with Crippen molar-refractivity contribution in [2.45, 2.75) is 44.9 Å². The van der Waals surface area contributed by atoms with Gasteiger partial charge in [-0.1, -0.05) is 0 Å². The van der Waals surface area contributed by atoms with E-state index in [1.165, 1.54) is 0 Å². The van der Waals surface area contributed by atoms with Crippen LogP contribution in [-0.4, -0.2) is 86.9 Å². The van der Waals surface area contributed by atoms with Gasteiger partial charge in [-0.15, -0.1) is 0 Å². The maximum atomic E-state index is 12.3. The molecule has 6 nitrogen and oxygen atoms in total. The molecule has 2 fully saturated rings. The molecule has 128 valence electrons. The zero-order chi connectivity index (χ0) is 15.9. The van der Waals surface area contributed by atoms with E-state index in [0.717, 1.165) is 52.2 Å². The van der Waals surface area contributed by atoms with Gasteiger partial charge >= 0.3 is 0 Å². The van der Waals surface area contributed by atoms with Gasteiger partial charge in [-0.2, -0.15) is 0 Å². The summed E-state index contributed by atoms with van der Waals surface area (Å²) in [5.74, 6) is 0.119. The van der Waals surface area contributed by atoms with Gasteiger partial charge in [0.15, 0.2) is 0 Å². The number of rotatable bonds is 7. The largest absolute Gasteiger partial charge is 0.383 e. The van der Waals surface area contributed by atoms with Crippen LogP contribution in [0.1, 0.15) is 26.7 Å². The topological polar surface area (TPSA) is 54.0 Å². The summed E-state index contributed by atoms with van der Waals surface area (Å²) in [6.45, 7) is 10.3. The van der Waals surface area contributed by atoms with E-state index in [2.05, 4.69) is 22.0 Å². The average Bonchev–Trinajstić information content (AvgIpc) is 3.04. The van der Waals surface area contributed by atoms with Gasteiger partial charge in [-0.25, -0.2) is 0 Å². The molecule has 2 saturated heterocycles. The molecule has 0 bridgehead atoms. The van der Waals surface area contributed by atoms with Gasteiger partial charge in [-0.05, 0) is 26.7 Å². The maximum Gasteiger partial charge on any atom is 0.237 e. The minimum absolute atomic E-state index is 0.0755. The summed E-state index contributed by atoms with van der Waals surface area (Å²) < 4.78 is 10.7. The van der Waals surface area contributed by atoms with E-state index >= 15 is 0 Å². The average molecular weight is 313 g/mol. The van der Waals surface area contributed by atoms with Crippen LogP contribution >= 0.6 is 0 Å². The second-order valence-corrected chi connectivity index (χ2v) is 6.43. The van der Waals surface area contributed by atoms with Crippen molar-refractivity contribution in [3.8, 4) is 0 Å². The van der Waals surface area contributed by atoms with Crippen LogP contribution in [0.5, 0.6) is 0 Å². The first-order valence-electron chi connectivity index (χ1n) is 8.48. The maximum absolute atomic E-state index is 12.3. The number of methoxy groups -OCH3 is 1. The number of hydrogen-bond acceptors (Lipinski definition) is 5. The van der Waals surface area contributed by atoms with Crippen molar-refractivity contribution in [1.29, 1.82) is 0 Å². The van der Waals surface area contributed by atoms with Crippen molar-refractivity contribution in [3.63, 3.8) is 0 Å². The van der Waals surface area contributed by atoms with Crippen LogP contribution in [0.25, 0.3) is 0 Å². The first-order valence-corrected chi connectivity index (χ1v) is 8.48. The van der Waals surface area contributed by atoms with E-state index < -0.39 is 0 Å². The van der Waals surface area contributed by atoms with Crippen LogP contribution in [0.4, 0.5) is 0 Å². The number of nitrogens with zero attached hydrogens (tertiary/aromatic N) is 2. The van der Waals surface area contributed by atoms with E-state index in [-0.39, 0.29) is 18.1 Å². The van der Waals surface area contributed by atoms with E-state index in [1.54, 1.807) is 7.11 Å². The molecule has 6 heteroatoms. The molecular formula is C16H31N3O3. The third-order valence-corrected chi connectivity index (χ3v) is 4.83. The molecule has 0 aromatic carbocycles. The molecule has 1 N–H and O–H groups in total. The van der Waals surface area contributed by atoms with E-state index in [9.17, 15) is 4.79 Å². The first kappa shape index (κ1) is 17.7. The molecular weight excluding hydrogens is 282 g/mol. The van der Waals surface area contributed by atoms with E-state index in [4.69, 9.17) is 9.47 Å². The minimum Gasteiger partial charge on any atom is -0.383 e. The van der Waals surface area contributed by atoms with Gasteiger partial charge in [0, 0.05) is 52.5 Å². The molecule has 1 amide bonds. The van der Waals surface area contributed by atoms with Crippen molar-refractivity contribution in [1.82, 2.24) is 15.1 Å². The Labute approximate surface area is 134 Å². The quantitative estimate of drug-likeness (QED) is 0.734. The zero-order valence-electron chi connectivity index (χ0n) is 14.2. The highest BCUT2D eigenvalue weighted by molar-refractivity contribution is 5.81. The van der Waals surface area contributed by atoms with Crippen molar-refractivity contribution < 1.29 is 14.3 Å². The fourth-order valence-electron chi connectivity index (χ4n) is 3.25. The summed E-state index contributed by atoms with van der Waals surface area (Å²) in [6, 6.07) is 0.380. The second kappa shape index (κ2) is 8.82. The number of hydrogen-bond donors (Lipinski definition) is 1. The summed E-state index contributed by atoms with van der Waals surface area (Å²) in [5, 5.41) is 3.04. The Morgan fingerprint density at radius 1 is 1.45 bits per heavy atom. The molecule has 2 aliphatic rings. The predicted molar refractivity (Wildman–Crippen MR) is 85.9 cm³/mol. The Morgan fingerprint density at radius 3 is 2.91 bits per heavy atom. The van der Waals surface area contributed by atoms with Crippen molar-refractivity contribution in [3.05, 3.63) is 0 Å². The third kappa shape index (κ3) is 4.91.